The molecule has 29 heavy (non-hydrogen) atoms. The van der Waals surface area contributed by atoms with Gasteiger partial charge in [0.25, 0.3) is 0 Å². The third-order valence-electron chi connectivity index (χ3n) is 5.20. The molecular formula is C24H25N3O2. The molecule has 0 spiro atoms. The predicted molar refractivity (Wildman–Crippen MR) is 114 cm³/mol. The molecule has 5 heteroatoms. The summed E-state index contributed by atoms with van der Waals surface area (Å²) < 4.78 is 5.73. The fourth-order valence-electron chi connectivity index (χ4n) is 3.59. The third-order valence-corrected chi connectivity index (χ3v) is 5.20. The number of amides is 1. The largest absolute Gasteiger partial charge is 0.456 e. The van der Waals surface area contributed by atoms with E-state index in [1.54, 1.807) is 12.4 Å². The molecule has 5 nitrogen and oxygen atoms in total. The van der Waals surface area contributed by atoms with Crippen LogP contribution in [0.1, 0.15) is 18.4 Å². The topological polar surface area (TPSA) is 54.5 Å². The first-order chi connectivity index (χ1) is 14.3. The van der Waals surface area contributed by atoms with Crippen molar-refractivity contribution >= 4 is 11.6 Å². The zero-order valence-electron chi connectivity index (χ0n) is 16.3. The van der Waals surface area contributed by atoms with Gasteiger partial charge in [0.05, 0.1) is 6.20 Å². The number of nitrogens with zero attached hydrogens (tertiary/aromatic N) is 2. The van der Waals surface area contributed by atoms with Gasteiger partial charge in [0.1, 0.15) is 11.5 Å². The Morgan fingerprint density at radius 3 is 2.41 bits per heavy atom. The molecule has 1 fully saturated rings. The van der Waals surface area contributed by atoms with E-state index in [4.69, 9.17) is 4.74 Å². The van der Waals surface area contributed by atoms with E-state index in [1.165, 1.54) is 5.56 Å². The number of rotatable bonds is 6. The summed E-state index contributed by atoms with van der Waals surface area (Å²) in [5, 5.41) is 3.04. The molecular weight excluding hydrogens is 362 g/mol. The molecule has 4 rings (SSSR count). The fraction of sp³-hybridized carbons (Fsp3) is 0.250. The highest BCUT2D eigenvalue weighted by Crippen LogP contribution is 2.24. The number of pyridine rings is 1. The average Bonchev–Trinajstić information content (AvgIpc) is 2.77. The van der Waals surface area contributed by atoms with Gasteiger partial charge in [-0.3, -0.25) is 14.7 Å². The van der Waals surface area contributed by atoms with Crippen LogP contribution < -0.4 is 10.1 Å². The molecule has 148 valence electrons. The molecule has 0 aliphatic carbocycles. The van der Waals surface area contributed by atoms with Gasteiger partial charge in [-0.1, -0.05) is 30.3 Å². The lowest BCUT2D eigenvalue weighted by Crippen LogP contribution is -2.37. The molecule has 1 saturated heterocycles. The maximum absolute atomic E-state index is 12.6. The molecule has 0 bridgehead atoms. The fourth-order valence-corrected chi connectivity index (χ4v) is 3.59. The molecule has 0 unspecified atom stereocenters. The van der Waals surface area contributed by atoms with E-state index in [1.807, 2.05) is 42.5 Å². The van der Waals surface area contributed by atoms with E-state index in [0.29, 0.717) is 11.5 Å². The maximum atomic E-state index is 12.6. The lowest BCUT2D eigenvalue weighted by atomic mass is 9.95. The molecule has 1 aliphatic rings. The van der Waals surface area contributed by atoms with Crippen molar-refractivity contribution in [2.45, 2.75) is 19.4 Å². The minimum absolute atomic E-state index is 0.0633. The van der Waals surface area contributed by atoms with Crippen LogP contribution in [0.5, 0.6) is 11.5 Å². The quantitative estimate of drug-likeness (QED) is 0.665. The number of carbonyl (C=O) groups excluding carboxylic acids is 1. The third kappa shape index (κ3) is 5.42. The second-order valence-corrected chi connectivity index (χ2v) is 7.34. The number of aromatic nitrogens is 1. The summed E-state index contributed by atoms with van der Waals surface area (Å²) in [6.45, 7) is 2.85. The Hall–Kier alpha value is -3.18. The molecule has 1 aliphatic heterocycles. The van der Waals surface area contributed by atoms with Crippen LogP contribution in [-0.2, 0) is 11.3 Å². The zero-order valence-corrected chi connectivity index (χ0v) is 16.3. The monoisotopic (exact) mass is 387 g/mol. The smallest absolute Gasteiger partial charge is 0.227 e. The number of hydrogen-bond acceptors (Lipinski definition) is 4. The Bertz CT molecular complexity index is 906. The van der Waals surface area contributed by atoms with E-state index >= 15 is 0 Å². The van der Waals surface area contributed by atoms with Crippen molar-refractivity contribution < 1.29 is 9.53 Å². The molecule has 0 atom stereocenters. The summed E-state index contributed by atoms with van der Waals surface area (Å²) in [6.07, 6.45) is 5.15. The van der Waals surface area contributed by atoms with Crippen LogP contribution in [0.25, 0.3) is 0 Å². The molecule has 1 amide bonds. The Labute approximate surface area is 171 Å². The molecule has 2 aromatic carbocycles. The molecule has 3 aromatic rings. The minimum Gasteiger partial charge on any atom is -0.456 e. The van der Waals surface area contributed by atoms with Crippen LogP contribution in [0.4, 0.5) is 5.69 Å². The van der Waals surface area contributed by atoms with Crippen LogP contribution in [0, 0.1) is 5.92 Å². The summed E-state index contributed by atoms with van der Waals surface area (Å²) in [4.78, 5) is 19.1. The van der Waals surface area contributed by atoms with E-state index < -0.39 is 0 Å². The lowest BCUT2D eigenvalue weighted by molar-refractivity contribution is -0.121. The van der Waals surface area contributed by atoms with E-state index in [9.17, 15) is 4.79 Å². The van der Waals surface area contributed by atoms with Crippen LogP contribution in [0.2, 0.25) is 0 Å². The van der Waals surface area contributed by atoms with Crippen molar-refractivity contribution in [2.24, 2.45) is 5.92 Å². The second-order valence-electron chi connectivity index (χ2n) is 7.34. The number of hydrogen-bond donors (Lipinski definition) is 1. The van der Waals surface area contributed by atoms with Crippen molar-refractivity contribution in [3.8, 4) is 11.5 Å². The number of anilines is 1. The lowest BCUT2D eigenvalue weighted by Gasteiger charge is -2.31. The van der Waals surface area contributed by atoms with Gasteiger partial charge in [0.15, 0.2) is 0 Å². The van der Waals surface area contributed by atoms with Crippen LogP contribution >= 0.6 is 0 Å². The summed E-state index contributed by atoms with van der Waals surface area (Å²) >= 11 is 0. The van der Waals surface area contributed by atoms with Gasteiger partial charge < -0.3 is 10.1 Å². The predicted octanol–water partition coefficient (Wildman–Crippen LogP) is 4.72. The zero-order chi connectivity index (χ0) is 19.9. The normalized spacial score (nSPS) is 15.0. The molecule has 0 radical (unpaired) electrons. The number of benzene rings is 2. The van der Waals surface area contributed by atoms with Gasteiger partial charge in [0.2, 0.25) is 5.91 Å². The summed E-state index contributed by atoms with van der Waals surface area (Å²) in [6, 6.07) is 21.6. The molecule has 0 saturated carbocycles. The van der Waals surface area contributed by atoms with Crippen LogP contribution in [0.3, 0.4) is 0 Å². The molecule has 1 aromatic heterocycles. The van der Waals surface area contributed by atoms with E-state index in [2.05, 4.69) is 39.5 Å². The number of carbonyl (C=O) groups is 1. The highest BCUT2D eigenvalue weighted by atomic mass is 16.5. The minimum atomic E-state index is 0.0633. The Morgan fingerprint density at radius 2 is 1.72 bits per heavy atom. The first-order valence-electron chi connectivity index (χ1n) is 10.0. The number of piperidine rings is 1. The van der Waals surface area contributed by atoms with E-state index in [-0.39, 0.29) is 11.8 Å². The average molecular weight is 387 g/mol. The van der Waals surface area contributed by atoms with Crippen molar-refractivity contribution in [3.05, 3.63) is 84.7 Å². The van der Waals surface area contributed by atoms with Gasteiger partial charge in [-0.2, -0.15) is 0 Å². The number of likely N-dealkylation sites (tertiary alicyclic amines) is 1. The summed E-state index contributed by atoms with van der Waals surface area (Å²) in [5.41, 5.74) is 2.12. The Morgan fingerprint density at radius 1 is 0.966 bits per heavy atom. The summed E-state index contributed by atoms with van der Waals surface area (Å²) in [7, 11) is 0. The van der Waals surface area contributed by atoms with Gasteiger partial charge in [-0.15, -0.1) is 0 Å². The standard InChI is InChI=1S/C24H25N3O2/c28-24(20-12-15-27(16-13-20)18-19-5-2-1-3-6-19)26-21-8-10-22(11-9-21)29-23-7-4-14-25-17-23/h1-11,14,17,20H,12-13,15-16,18H2,(H,26,28). The highest BCUT2D eigenvalue weighted by molar-refractivity contribution is 5.92. The van der Waals surface area contributed by atoms with Gasteiger partial charge in [0, 0.05) is 24.3 Å². The number of nitrogens with one attached hydrogen (secondary N) is 1. The Balaban J connectivity index is 1.25. The molecule has 2 heterocycles. The first kappa shape index (κ1) is 19.2. The number of ether oxygens (including phenoxy) is 1. The summed E-state index contributed by atoms with van der Waals surface area (Å²) in [5.74, 6) is 1.57. The van der Waals surface area contributed by atoms with Crippen LogP contribution in [-0.4, -0.2) is 28.9 Å². The molecule has 1 N–H and O–H groups in total. The highest BCUT2D eigenvalue weighted by Gasteiger charge is 2.25. The maximum Gasteiger partial charge on any atom is 0.227 e. The van der Waals surface area contributed by atoms with E-state index in [0.717, 1.165) is 38.2 Å². The van der Waals surface area contributed by atoms with Crippen molar-refractivity contribution in [1.82, 2.24) is 9.88 Å². The van der Waals surface area contributed by atoms with Gasteiger partial charge in [-0.05, 0) is 67.9 Å². The SMILES string of the molecule is O=C(Nc1ccc(Oc2cccnc2)cc1)C1CCN(Cc2ccccc2)CC1. The van der Waals surface area contributed by atoms with Crippen molar-refractivity contribution in [2.75, 3.05) is 18.4 Å². The second kappa shape index (κ2) is 9.34. The van der Waals surface area contributed by atoms with Crippen LogP contribution in [0.15, 0.2) is 79.1 Å². The van der Waals surface area contributed by atoms with Crippen molar-refractivity contribution in [1.29, 1.82) is 0 Å². The van der Waals surface area contributed by atoms with Gasteiger partial charge in [-0.25, -0.2) is 0 Å². The Kier molecular flexibility index (Phi) is 6.17. The van der Waals surface area contributed by atoms with Gasteiger partial charge >= 0.3 is 0 Å². The van der Waals surface area contributed by atoms with Crippen molar-refractivity contribution in [3.63, 3.8) is 0 Å². The first-order valence-corrected chi connectivity index (χ1v) is 10.0.